The Hall–Kier alpha value is -4.77. The molecule has 1 aromatic rings. The quantitative estimate of drug-likeness (QED) is 0.190. The Kier molecular flexibility index (Phi) is 13.7. The monoisotopic (exact) mass is 679 g/mol. The maximum atomic E-state index is 13.4. The first-order chi connectivity index (χ1) is 22.7. The minimum Gasteiger partial charge on any atom is -0.480 e. The van der Waals surface area contributed by atoms with Crippen LogP contribution in [0, 0.1) is 0 Å². The Morgan fingerprint density at radius 1 is 0.938 bits per heavy atom. The van der Waals surface area contributed by atoms with Crippen molar-refractivity contribution in [1.29, 1.82) is 0 Å². The van der Waals surface area contributed by atoms with E-state index in [1.165, 1.54) is 11.8 Å². The molecule has 3 rings (SSSR count). The van der Waals surface area contributed by atoms with E-state index in [9.17, 15) is 38.7 Å². The molecule has 3 amide bonds. The highest BCUT2D eigenvalue weighted by atomic mass is 16.7. The van der Waals surface area contributed by atoms with Crippen molar-refractivity contribution in [2.45, 2.75) is 103 Å². The summed E-state index contributed by atoms with van der Waals surface area (Å²) in [6.07, 6.45) is -7.07. The summed E-state index contributed by atoms with van der Waals surface area (Å²) in [7, 11) is 0. The van der Waals surface area contributed by atoms with E-state index in [0.717, 1.165) is 33.3 Å². The van der Waals surface area contributed by atoms with Crippen LogP contribution in [-0.2, 0) is 63.8 Å². The predicted molar refractivity (Wildman–Crippen MR) is 160 cm³/mol. The molecule has 0 radical (unpaired) electrons. The highest BCUT2D eigenvalue weighted by Crippen LogP contribution is 2.29. The average molecular weight is 680 g/mol. The number of likely N-dealkylation sites (tertiary alicyclic amines) is 1. The van der Waals surface area contributed by atoms with Gasteiger partial charge in [-0.05, 0) is 25.3 Å². The lowest BCUT2D eigenvalue weighted by Gasteiger charge is -2.45. The summed E-state index contributed by atoms with van der Waals surface area (Å²) in [5.41, 5.74) is 0.746. The van der Waals surface area contributed by atoms with Gasteiger partial charge in [-0.25, -0.2) is 9.59 Å². The van der Waals surface area contributed by atoms with Gasteiger partial charge in [-0.2, -0.15) is 0 Å². The number of carboxylic acid groups (broad SMARTS) is 1. The molecule has 2 saturated heterocycles. The van der Waals surface area contributed by atoms with Crippen LogP contribution < -0.4 is 10.6 Å². The summed E-state index contributed by atoms with van der Waals surface area (Å²) in [4.78, 5) is 87.7. The van der Waals surface area contributed by atoms with Crippen molar-refractivity contribution < 1.29 is 67.1 Å². The molecule has 0 aromatic heterocycles. The number of nitrogens with one attached hydrogen (secondary N) is 2. The van der Waals surface area contributed by atoms with E-state index in [1.54, 1.807) is 24.3 Å². The summed E-state index contributed by atoms with van der Waals surface area (Å²) in [6, 6.07) is 4.86. The standard InChI is InChI=1S/C31H41N3O14/c1-16(24(29(40)41)33-28(39)22-12-9-13-34(22)31(42)44-14-21-10-7-6-8-11-21)45-30-25(32-17(2)35)27(47-20(5)38)26(46-19(4)37)23(48-30)15-43-18(3)36/h6-8,10-11,16,22-27,30H,9,12-15H2,1-5H3,(H,32,35)(H,33,39)(H,40,41)/t16-,22+,23-,24+,25-,26+,27-,30+/m1/s1. The number of amides is 3. The van der Waals surface area contributed by atoms with Crippen LogP contribution in [0.2, 0.25) is 0 Å². The highest BCUT2D eigenvalue weighted by molar-refractivity contribution is 5.90. The van der Waals surface area contributed by atoms with E-state index in [0.29, 0.717) is 6.42 Å². The largest absolute Gasteiger partial charge is 0.480 e. The van der Waals surface area contributed by atoms with E-state index in [2.05, 4.69) is 10.6 Å². The lowest BCUT2D eigenvalue weighted by atomic mass is 9.95. The van der Waals surface area contributed by atoms with Crippen molar-refractivity contribution >= 4 is 41.8 Å². The number of carbonyl (C=O) groups is 7. The molecule has 0 unspecified atom stereocenters. The van der Waals surface area contributed by atoms with Gasteiger partial charge in [-0.3, -0.25) is 28.9 Å². The SMILES string of the molecule is CC(=O)N[C@H]1[C@@H](O[C@H](C)[C@H](NC(=O)[C@@H]2CCCN2C(=O)OCc2ccccc2)C(=O)O)O[C@H](COC(C)=O)[C@H](OC(C)=O)[C@@H]1OC(C)=O. The number of benzene rings is 1. The van der Waals surface area contributed by atoms with Gasteiger partial charge in [0.05, 0.1) is 6.10 Å². The van der Waals surface area contributed by atoms with E-state index in [-0.39, 0.29) is 19.6 Å². The van der Waals surface area contributed by atoms with Gasteiger partial charge in [0, 0.05) is 34.2 Å². The van der Waals surface area contributed by atoms with Gasteiger partial charge >= 0.3 is 30.0 Å². The van der Waals surface area contributed by atoms with Gasteiger partial charge in [-0.1, -0.05) is 30.3 Å². The van der Waals surface area contributed by atoms with Crippen LogP contribution in [0.25, 0.3) is 0 Å². The first kappa shape index (κ1) is 37.7. The first-order valence-electron chi connectivity index (χ1n) is 15.2. The second-order valence-corrected chi connectivity index (χ2v) is 11.3. The van der Waals surface area contributed by atoms with Crippen LogP contribution in [0.5, 0.6) is 0 Å². The van der Waals surface area contributed by atoms with Gasteiger partial charge in [0.15, 0.2) is 24.5 Å². The van der Waals surface area contributed by atoms with E-state index < -0.39 is 97.2 Å². The Labute approximate surface area is 276 Å². The number of carboxylic acids is 1. The Morgan fingerprint density at radius 2 is 1.58 bits per heavy atom. The molecule has 1 aromatic carbocycles. The number of carbonyl (C=O) groups excluding carboxylic acids is 6. The van der Waals surface area contributed by atoms with Gasteiger partial charge in [0.25, 0.3) is 0 Å². The molecule has 3 N–H and O–H groups in total. The summed E-state index contributed by atoms with van der Waals surface area (Å²) in [5, 5.41) is 15.0. The smallest absolute Gasteiger partial charge is 0.410 e. The zero-order valence-electron chi connectivity index (χ0n) is 27.2. The molecule has 48 heavy (non-hydrogen) atoms. The molecular weight excluding hydrogens is 638 g/mol. The zero-order valence-corrected chi connectivity index (χ0v) is 27.2. The van der Waals surface area contributed by atoms with E-state index in [4.69, 9.17) is 28.4 Å². The number of ether oxygens (including phenoxy) is 6. The Morgan fingerprint density at radius 3 is 2.17 bits per heavy atom. The molecule has 0 bridgehead atoms. The van der Waals surface area contributed by atoms with Crippen LogP contribution in [0.4, 0.5) is 4.79 Å². The highest BCUT2D eigenvalue weighted by Gasteiger charge is 2.52. The molecular formula is C31H41N3O14. The van der Waals surface area contributed by atoms with Crippen molar-refractivity contribution in [3.05, 3.63) is 35.9 Å². The van der Waals surface area contributed by atoms with Crippen molar-refractivity contribution in [1.82, 2.24) is 15.5 Å². The minimum absolute atomic E-state index is 0.0188. The van der Waals surface area contributed by atoms with Gasteiger partial charge in [0.2, 0.25) is 11.8 Å². The molecule has 17 nitrogen and oxygen atoms in total. The first-order valence-corrected chi connectivity index (χ1v) is 15.2. The number of esters is 3. The average Bonchev–Trinajstić information content (AvgIpc) is 3.50. The third kappa shape index (κ3) is 10.6. The fourth-order valence-electron chi connectivity index (χ4n) is 5.39. The molecule has 2 heterocycles. The number of hydrogen-bond donors (Lipinski definition) is 3. The van der Waals surface area contributed by atoms with Crippen LogP contribution in [-0.4, -0.2) is 114 Å². The number of aliphatic carboxylic acids is 1. The van der Waals surface area contributed by atoms with E-state index in [1.807, 2.05) is 6.07 Å². The molecule has 2 aliphatic heterocycles. The van der Waals surface area contributed by atoms with E-state index >= 15 is 0 Å². The summed E-state index contributed by atoms with van der Waals surface area (Å²) in [6.45, 7) is 5.44. The molecule has 264 valence electrons. The van der Waals surface area contributed by atoms with Crippen molar-refractivity contribution in [2.24, 2.45) is 0 Å². The van der Waals surface area contributed by atoms with Crippen molar-refractivity contribution in [3.63, 3.8) is 0 Å². The van der Waals surface area contributed by atoms with Gasteiger partial charge in [0.1, 0.15) is 31.4 Å². The zero-order chi connectivity index (χ0) is 35.5. The van der Waals surface area contributed by atoms with Gasteiger partial charge in [-0.15, -0.1) is 0 Å². The summed E-state index contributed by atoms with van der Waals surface area (Å²) >= 11 is 0. The number of nitrogens with zero attached hydrogens (tertiary/aromatic N) is 1. The summed E-state index contributed by atoms with van der Waals surface area (Å²) < 4.78 is 33.1. The Bertz CT molecular complexity index is 1340. The molecule has 0 aliphatic carbocycles. The second-order valence-electron chi connectivity index (χ2n) is 11.3. The third-order valence-corrected chi connectivity index (χ3v) is 7.45. The topological polar surface area (TPSA) is 222 Å². The van der Waals surface area contributed by atoms with Crippen molar-refractivity contribution in [2.75, 3.05) is 13.2 Å². The fourth-order valence-corrected chi connectivity index (χ4v) is 5.39. The van der Waals surface area contributed by atoms with Crippen molar-refractivity contribution in [3.8, 4) is 0 Å². The molecule has 17 heteroatoms. The Balaban J connectivity index is 1.80. The lowest BCUT2D eigenvalue weighted by Crippen LogP contribution is -2.67. The normalized spacial score (nSPS) is 24.7. The van der Waals surface area contributed by atoms with Crippen LogP contribution in [0.1, 0.15) is 53.0 Å². The summed E-state index contributed by atoms with van der Waals surface area (Å²) in [5.74, 6) is -5.24. The van der Waals surface area contributed by atoms with Crippen LogP contribution in [0.3, 0.4) is 0 Å². The predicted octanol–water partition coefficient (Wildman–Crippen LogP) is 0.418. The molecule has 2 aliphatic rings. The lowest BCUT2D eigenvalue weighted by molar-refractivity contribution is -0.287. The third-order valence-electron chi connectivity index (χ3n) is 7.45. The molecule has 0 saturated carbocycles. The number of rotatable bonds is 13. The minimum atomic E-state index is -1.70. The number of hydrogen-bond acceptors (Lipinski definition) is 13. The van der Waals surface area contributed by atoms with Gasteiger partial charge < -0.3 is 44.2 Å². The molecule has 8 atom stereocenters. The molecule has 2 fully saturated rings. The van der Waals surface area contributed by atoms with Crippen LogP contribution in [0.15, 0.2) is 30.3 Å². The van der Waals surface area contributed by atoms with Crippen LogP contribution >= 0.6 is 0 Å². The molecule has 0 spiro atoms. The maximum Gasteiger partial charge on any atom is 0.410 e. The second kappa shape index (κ2) is 17.4. The fraction of sp³-hybridized carbons (Fsp3) is 0.581. The maximum absolute atomic E-state index is 13.4.